The molecule has 15 heteroatoms. The Morgan fingerprint density at radius 3 is 2.09 bits per heavy atom. The first-order valence-corrected chi connectivity index (χ1v) is 23.2. The van der Waals surface area contributed by atoms with E-state index < -0.39 is 0 Å². The molecule has 5 aromatic rings. The highest BCUT2D eigenvalue weighted by Crippen LogP contribution is 2.43. The summed E-state index contributed by atoms with van der Waals surface area (Å²) in [6.07, 6.45) is 5.07. The first kappa shape index (κ1) is 46.6. The summed E-state index contributed by atoms with van der Waals surface area (Å²) in [5, 5.41) is 3.37. The van der Waals surface area contributed by atoms with Crippen molar-refractivity contribution in [2.24, 2.45) is 4.99 Å². The number of rotatable bonds is 20. The van der Waals surface area contributed by atoms with Crippen LogP contribution in [0.1, 0.15) is 56.8 Å². The number of fused-ring (bicyclic) bond motifs is 8. The number of aliphatic imine (C=N–C) groups is 1. The molecule has 4 aliphatic heterocycles. The molecule has 0 spiro atoms. The second-order valence-electron chi connectivity index (χ2n) is 17.7. The molecule has 4 heterocycles. The lowest BCUT2D eigenvalue weighted by molar-refractivity contribution is 0.0264. The molecule has 0 aromatic heterocycles. The number of nitrogens with zero attached hydrogens (tertiary/aromatic N) is 4. The van der Waals surface area contributed by atoms with Crippen molar-refractivity contribution in [2.75, 3.05) is 87.5 Å². The maximum Gasteiger partial charge on any atom is 0.264 e. The molecule has 14 nitrogen and oxygen atoms in total. The smallest absolute Gasteiger partial charge is 0.264 e. The predicted octanol–water partition coefficient (Wildman–Crippen LogP) is 8.81. The summed E-state index contributed by atoms with van der Waals surface area (Å²) in [5.41, 5.74) is 9.53. The largest absolute Gasteiger partial charge is 0.493 e. The highest BCUT2D eigenvalue weighted by Gasteiger charge is 2.37. The van der Waals surface area contributed by atoms with Crippen LogP contribution in [0.5, 0.6) is 23.0 Å². The Balaban J connectivity index is 0.989. The van der Waals surface area contributed by atoms with E-state index in [-0.39, 0.29) is 35.8 Å². The first-order chi connectivity index (χ1) is 33.0. The van der Waals surface area contributed by atoms with E-state index in [0.717, 1.165) is 45.0 Å². The molecular formula is C53H57N5O9S. The van der Waals surface area contributed by atoms with E-state index in [1.807, 2.05) is 71.9 Å². The number of carbonyl (C=O) groups is 2. The Morgan fingerprint density at radius 2 is 1.38 bits per heavy atom. The number of nitrogens with one attached hydrogen (secondary N) is 1. The molecule has 0 bridgehead atoms. The highest BCUT2D eigenvalue weighted by atomic mass is 32.1. The minimum absolute atomic E-state index is 0.138. The fourth-order valence-corrected chi connectivity index (χ4v) is 9.25. The van der Waals surface area contributed by atoms with Gasteiger partial charge in [0.1, 0.15) is 13.2 Å². The lowest BCUT2D eigenvalue weighted by Crippen LogP contribution is -2.37. The van der Waals surface area contributed by atoms with Gasteiger partial charge in [0, 0.05) is 79.4 Å². The van der Waals surface area contributed by atoms with Crippen LogP contribution in [0, 0.1) is 0 Å². The van der Waals surface area contributed by atoms with Crippen LogP contribution in [0.4, 0.5) is 28.4 Å². The molecule has 0 saturated heterocycles. The van der Waals surface area contributed by atoms with Crippen LogP contribution in [0.2, 0.25) is 0 Å². The number of amides is 2. The molecule has 1 N–H and O–H groups in total. The van der Waals surface area contributed by atoms with Crippen molar-refractivity contribution >= 4 is 59.1 Å². The second kappa shape index (κ2) is 20.4. The minimum atomic E-state index is -0.358. The number of thiol groups is 1. The van der Waals surface area contributed by atoms with Crippen molar-refractivity contribution in [3.05, 3.63) is 136 Å². The van der Waals surface area contributed by atoms with E-state index in [1.54, 1.807) is 44.4 Å². The Bertz CT molecular complexity index is 2750. The third-order valence-electron chi connectivity index (χ3n) is 12.2. The molecule has 1 atom stereocenters. The average molecular weight is 940 g/mol. The van der Waals surface area contributed by atoms with E-state index >= 15 is 0 Å². The SMILES string of the molecule is COCCOCCOCCN(CC(C)(C)S)c1cc(COc2cc3c(cc2OC)C(=O)N2c4ccccc4C[C@H]2C=N3)cc(COc2cc3c(cc2OC)C(=O)N2C(=CN3)Cc3ccccc32)c1. The van der Waals surface area contributed by atoms with Crippen LogP contribution in [0.3, 0.4) is 0 Å². The van der Waals surface area contributed by atoms with Crippen LogP contribution in [0.25, 0.3) is 0 Å². The van der Waals surface area contributed by atoms with E-state index in [0.29, 0.717) is 104 Å². The molecule has 0 aliphatic carbocycles. The van der Waals surface area contributed by atoms with E-state index in [4.69, 9.17) is 50.8 Å². The van der Waals surface area contributed by atoms with Gasteiger partial charge < -0.3 is 43.4 Å². The summed E-state index contributed by atoms with van der Waals surface area (Å²) in [7, 11) is 4.78. The molecule has 0 unspecified atom stereocenters. The zero-order chi connectivity index (χ0) is 47.4. The third-order valence-corrected chi connectivity index (χ3v) is 12.4. The number of hydrogen-bond donors (Lipinski definition) is 2. The predicted molar refractivity (Wildman–Crippen MR) is 267 cm³/mol. The van der Waals surface area contributed by atoms with Gasteiger partial charge in [0.05, 0.1) is 81.5 Å². The van der Waals surface area contributed by atoms with Crippen molar-refractivity contribution in [1.29, 1.82) is 0 Å². The molecule has 2 amide bonds. The number of para-hydroxylation sites is 2. The summed E-state index contributed by atoms with van der Waals surface area (Å²) in [5.74, 6) is 1.49. The quantitative estimate of drug-likeness (QED) is 0.0573. The van der Waals surface area contributed by atoms with Crippen molar-refractivity contribution in [2.45, 2.75) is 50.7 Å². The normalized spacial score (nSPS) is 15.5. The van der Waals surface area contributed by atoms with Gasteiger partial charge >= 0.3 is 0 Å². The van der Waals surface area contributed by atoms with Crippen molar-refractivity contribution in [1.82, 2.24) is 0 Å². The Labute approximate surface area is 402 Å². The number of methoxy groups -OCH3 is 3. The number of hydrogen-bond acceptors (Lipinski definition) is 13. The Hall–Kier alpha value is -6.52. The first-order valence-electron chi connectivity index (χ1n) is 22.8. The van der Waals surface area contributed by atoms with Crippen LogP contribution < -0.4 is 39.0 Å². The molecule has 9 rings (SSSR count). The third kappa shape index (κ3) is 10.0. The van der Waals surface area contributed by atoms with Gasteiger partial charge in [0.15, 0.2) is 23.0 Å². The van der Waals surface area contributed by atoms with Gasteiger partial charge in [-0.3, -0.25) is 24.4 Å². The summed E-state index contributed by atoms with van der Waals surface area (Å²) < 4.78 is 41.2. The van der Waals surface area contributed by atoms with Crippen LogP contribution in [-0.4, -0.2) is 96.3 Å². The zero-order valence-electron chi connectivity index (χ0n) is 39.1. The van der Waals surface area contributed by atoms with Crippen molar-refractivity contribution in [3.8, 4) is 23.0 Å². The fourth-order valence-electron chi connectivity index (χ4n) is 9.08. The minimum Gasteiger partial charge on any atom is -0.493 e. The summed E-state index contributed by atoms with van der Waals surface area (Å²) in [6, 6.07) is 29.0. The summed E-state index contributed by atoms with van der Waals surface area (Å²) >= 11 is 4.94. The summed E-state index contributed by atoms with van der Waals surface area (Å²) in [6.45, 7) is 8.07. The molecule has 4 aliphatic rings. The van der Waals surface area contributed by atoms with Gasteiger partial charge in [-0.2, -0.15) is 12.6 Å². The Kier molecular flexibility index (Phi) is 14.0. The topological polar surface area (TPSA) is 133 Å². The van der Waals surface area contributed by atoms with E-state index in [2.05, 4.69) is 42.3 Å². The van der Waals surface area contributed by atoms with Crippen molar-refractivity contribution in [3.63, 3.8) is 0 Å². The number of carbonyl (C=O) groups excluding carboxylic acids is 2. The van der Waals surface area contributed by atoms with Gasteiger partial charge in [0.2, 0.25) is 0 Å². The summed E-state index contributed by atoms with van der Waals surface area (Å²) in [4.78, 5) is 38.8. The molecule has 5 aromatic carbocycles. The average Bonchev–Trinajstić information content (AvgIpc) is 3.83. The second-order valence-corrected chi connectivity index (χ2v) is 18.9. The lowest BCUT2D eigenvalue weighted by atomic mass is 10.1. The molecule has 0 radical (unpaired) electrons. The van der Waals surface area contributed by atoms with Gasteiger partial charge in [0.25, 0.3) is 11.8 Å². The maximum atomic E-state index is 14.1. The maximum absolute atomic E-state index is 14.1. The zero-order valence-corrected chi connectivity index (χ0v) is 40.0. The monoisotopic (exact) mass is 939 g/mol. The number of anilines is 4. The molecule has 0 fully saturated rings. The molecule has 0 saturated carbocycles. The van der Waals surface area contributed by atoms with Gasteiger partial charge in [-0.25, -0.2) is 0 Å². The number of ether oxygens (including phenoxy) is 7. The molecule has 68 heavy (non-hydrogen) atoms. The van der Waals surface area contributed by atoms with E-state index in [9.17, 15) is 9.59 Å². The van der Waals surface area contributed by atoms with Crippen LogP contribution in [0.15, 0.2) is 108 Å². The fraction of sp³-hybridized carbons (Fsp3) is 0.340. The van der Waals surface area contributed by atoms with Gasteiger partial charge in [-0.1, -0.05) is 36.4 Å². The number of allylic oxidation sites excluding steroid dienone is 1. The highest BCUT2D eigenvalue weighted by molar-refractivity contribution is 7.81. The van der Waals surface area contributed by atoms with E-state index in [1.165, 1.54) is 0 Å². The van der Waals surface area contributed by atoms with Gasteiger partial charge in [-0.05, 0) is 78.6 Å². The Morgan fingerprint density at radius 1 is 0.735 bits per heavy atom. The van der Waals surface area contributed by atoms with Crippen LogP contribution in [-0.2, 0) is 40.3 Å². The molecular weight excluding hydrogens is 883 g/mol. The standard InChI is InChI=1S/C53H57N5O9S/c1-53(2,68)33-56(14-15-64-18-19-65-17-16-61-3)38-21-34(31-66-49-27-43-41(25-47(49)62-4)51(59)57-39(29-54-43)23-36-10-6-8-12-45(36)57)20-35(22-38)32-67-50-28-44-42(26-48(50)63-5)52(60)58-40(30-55-44)24-37-11-7-9-13-46(37)58/h6-13,20-22,25-30,39,55,68H,14-19,23-24,31-33H2,1-5H3/t39-/m0/s1. The lowest BCUT2D eigenvalue weighted by Gasteiger charge is -2.32. The van der Waals surface area contributed by atoms with Crippen molar-refractivity contribution < 1.29 is 42.7 Å². The van der Waals surface area contributed by atoms with Gasteiger partial charge in [-0.15, -0.1) is 0 Å². The number of benzene rings is 5. The molecule has 354 valence electrons. The van der Waals surface area contributed by atoms with Crippen LogP contribution >= 0.6 is 12.6 Å².